The van der Waals surface area contributed by atoms with E-state index in [0.717, 1.165) is 22.9 Å². The van der Waals surface area contributed by atoms with Crippen LogP contribution in [0.2, 0.25) is 0 Å². The Kier molecular flexibility index (Phi) is 8.10. The number of carboxylic acid groups (broad SMARTS) is 1. The van der Waals surface area contributed by atoms with Gasteiger partial charge in [0, 0.05) is 22.9 Å². The van der Waals surface area contributed by atoms with E-state index in [4.69, 9.17) is 9.15 Å². The molecule has 0 fully saturated rings. The number of amides is 1. The molecule has 0 aliphatic heterocycles. The zero-order valence-electron chi connectivity index (χ0n) is 20.0. The highest BCUT2D eigenvalue weighted by Crippen LogP contribution is 2.30. The summed E-state index contributed by atoms with van der Waals surface area (Å²) in [6.45, 7) is 7.12. The molecule has 1 N–H and O–H groups in total. The summed E-state index contributed by atoms with van der Waals surface area (Å²) in [7, 11) is 0. The molecule has 0 spiro atoms. The van der Waals surface area contributed by atoms with E-state index in [9.17, 15) is 19.5 Å². The van der Waals surface area contributed by atoms with Crippen molar-refractivity contribution < 1.29 is 23.8 Å². The lowest BCUT2D eigenvalue weighted by molar-refractivity contribution is -0.308. The fourth-order valence-corrected chi connectivity index (χ4v) is 3.89. The minimum absolute atomic E-state index is 0.294. The van der Waals surface area contributed by atoms with E-state index in [0.29, 0.717) is 41.7 Å². The minimum atomic E-state index is -1.32. The zero-order valence-corrected chi connectivity index (χ0v) is 20.0. The van der Waals surface area contributed by atoms with E-state index in [-0.39, 0.29) is 0 Å². The van der Waals surface area contributed by atoms with Gasteiger partial charge in [-0.15, -0.1) is 0 Å². The minimum Gasteiger partial charge on any atom is -0.548 e. The Balaban J connectivity index is 1.83. The molecular weight excluding hydrogens is 434 g/mol. The fourth-order valence-electron chi connectivity index (χ4n) is 3.89. The molecule has 3 aromatic rings. The average molecular weight is 465 g/mol. The third kappa shape index (κ3) is 5.65. The predicted molar refractivity (Wildman–Crippen MR) is 128 cm³/mol. The molecule has 0 saturated carbocycles. The summed E-state index contributed by atoms with van der Waals surface area (Å²) in [5.74, 6) is -1.49. The van der Waals surface area contributed by atoms with Crippen molar-refractivity contribution in [2.75, 3.05) is 0 Å². The number of rotatable bonds is 10. The SMILES string of the molecule is CCCC[C@H](NC(=O)[C@H](C)Oc1ccc2c(C)c(Cc3ccccc3)c(=O)oc2c1C)C(=O)[O-]. The Morgan fingerprint density at radius 3 is 2.44 bits per heavy atom. The molecule has 1 aromatic heterocycles. The molecule has 0 unspecified atom stereocenters. The van der Waals surface area contributed by atoms with Crippen molar-refractivity contribution in [1.82, 2.24) is 5.32 Å². The van der Waals surface area contributed by atoms with Crippen molar-refractivity contribution in [3.63, 3.8) is 0 Å². The second-order valence-electron chi connectivity index (χ2n) is 8.50. The highest BCUT2D eigenvalue weighted by molar-refractivity contribution is 5.87. The number of carboxylic acids is 1. The van der Waals surface area contributed by atoms with Crippen molar-refractivity contribution in [3.05, 3.63) is 75.1 Å². The number of unbranched alkanes of at least 4 members (excludes halogenated alkanes) is 1. The number of ether oxygens (including phenoxy) is 1. The molecule has 7 heteroatoms. The first-order valence-corrected chi connectivity index (χ1v) is 11.5. The zero-order chi connectivity index (χ0) is 24.8. The maximum Gasteiger partial charge on any atom is 0.340 e. The second kappa shape index (κ2) is 11.0. The highest BCUT2D eigenvalue weighted by atomic mass is 16.5. The van der Waals surface area contributed by atoms with Gasteiger partial charge in [-0.3, -0.25) is 4.79 Å². The molecule has 0 bridgehead atoms. The van der Waals surface area contributed by atoms with Gasteiger partial charge >= 0.3 is 5.63 Å². The smallest absolute Gasteiger partial charge is 0.340 e. The summed E-state index contributed by atoms with van der Waals surface area (Å²) in [5, 5.41) is 14.6. The Labute approximate surface area is 198 Å². The van der Waals surface area contributed by atoms with Crippen molar-refractivity contribution in [1.29, 1.82) is 0 Å². The molecule has 1 heterocycles. The van der Waals surface area contributed by atoms with Crippen LogP contribution in [0, 0.1) is 13.8 Å². The van der Waals surface area contributed by atoms with E-state index >= 15 is 0 Å². The van der Waals surface area contributed by atoms with Crippen LogP contribution in [0.25, 0.3) is 11.0 Å². The van der Waals surface area contributed by atoms with Gasteiger partial charge in [-0.05, 0) is 50.5 Å². The van der Waals surface area contributed by atoms with Crippen LogP contribution >= 0.6 is 0 Å². The van der Waals surface area contributed by atoms with E-state index in [1.165, 1.54) is 6.92 Å². The van der Waals surface area contributed by atoms with Gasteiger partial charge in [0.05, 0.1) is 12.0 Å². The van der Waals surface area contributed by atoms with Gasteiger partial charge in [-0.1, -0.05) is 50.1 Å². The van der Waals surface area contributed by atoms with Gasteiger partial charge in [0.1, 0.15) is 11.3 Å². The van der Waals surface area contributed by atoms with E-state index in [1.807, 2.05) is 44.2 Å². The van der Waals surface area contributed by atoms with Crippen LogP contribution in [0.3, 0.4) is 0 Å². The number of nitrogens with one attached hydrogen (secondary N) is 1. The van der Waals surface area contributed by atoms with Gasteiger partial charge in [0.15, 0.2) is 6.10 Å². The highest BCUT2D eigenvalue weighted by Gasteiger charge is 2.22. The first kappa shape index (κ1) is 25.0. The molecule has 34 heavy (non-hydrogen) atoms. The van der Waals surface area contributed by atoms with Crippen molar-refractivity contribution in [2.24, 2.45) is 0 Å². The summed E-state index contributed by atoms with van der Waals surface area (Å²) in [6, 6.07) is 12.2. The molecule has 0 aliphatic rings. The maximum atomic E-state index is 12.8. The van der Waals surface area contributed by atoms with Crippen LogP contribution in [0.4, 0.5) is 0 Å². The predicted octanol–water partition coefficient (Wildman–Crippen LogP) is 3.19. The molecular formula is C27H30NO6-. The third-order valence-electron chi connectivity index (χ3n) is 6.00. The Bertz CT molecular complexity index is 1230. The Morgan fingerprint density at radius 1 is 1.09 bits per heavy atom. The van der Waals surface area contributed by atoms with Gasteiger partial charge in [0.25, 0.3) is 5.91 Å². The van der Waals surface area contributed by atoms with Crippen LogP contribution in [-0.2, 0) is 16.0 Å². The summed E-state index contributed by atoms with van der Waals surface area (Å²) >= 11 is 0. The lowest BCUT2D eigenvalue weighted by Gasteiger charge is -2.23. The molecule has 2 aromatic carbocycles. The normalized spacial score (nSPS) is 12.8. The monoisotopic (exact) mass is 464 g/mol. The second-order valence-corrected chi connectivity index (χ2v) is 8.50. The largest absolute Gasteiger partial charge is 0.548 e. The molecule has 0 aliphatic carbocycles. The summed E-state index contributed by atoms with van der Waals surface area (Å²) < 4.78 is 11.5. The number of fused-ring (bicyclic) bond motifs is 1. The van der Waals surface area contributed by atoms with Crippen LogP contribution in [0.15, 0.2) is 51.7 Å². The van der Waals surface area contributed by atoms with Crippen LogP contribution in [-0.4, -0.2) is 24.0 Å². The van der Waals surface area contributed by atoms with E-state index < -0.39 is 29.6 Å². The molecule has 7 nitrogen and oxygen atoms in total. The maximum absolute atomic E-state index is 12.8. The fraction of sp³-hybridized carbons (Fsp3) is 0.370. The number of aliphatic carboxylic acids is 1. The number of benzene rings is 2. The van der Waals surface area contributed by atoms with Crippen molar-refractivity contribution in [3.8, 4) is 5.75 Å². The molecule has 180 valence electrons. The standard InChI is InChI=1S/C27H31NO6/c1-5-6-12-22(26(30)31)28-25(29)18(4)33-23-14-13-20-16(2)21(15-19-10-8-7-9-11-19)27(32)34-24(20)17(23)3/h7-11,13-14,18,22H,5-6,12,15H2,1-4H3,(H,28,29)(H,30,31)/p-1/t18-,22-/m0/s1. The number of hydrogen-bond donors (Lipinski definition) is 1. The number of aryl methyl sites for hydroxylation is 2. The topological polar surface area (TPSA) is 109 Å². The third-order valence-corrected chi connectivity index (χ3v) is 6.00. The van der Waals surface area contributed by atoms with Crippen LogP contribution in [0.5, 0.6) is 5.75 Å². The molecule has 3 rings (SSSR count). The van der Waals surface area contributed by atoms with Gasteiger partial charge in [-0.2, -0.15) is 0 Å². The van der Waals surface area contributed by atoms with Gasteiger partial charge in [0.2, 0.25) is 0 Å². The molecule has 0 radical (unpaired) electrons. The van der Waals surface area contributed by atoms with E-state index in [2.05, 4.69) is 5.32 Å². The van der Waals surface area contributed by atoms with Crippen molar-refractivity contribution >= 4 is 22.8 Å². The van der Waals surface area contributed by atoms with Crippen LogP contribution in [0.1, 0.15) is 55.4 Å². The first-order valence-electron chi connectivity index (χ1n) is 11.5. The number of carbonyl (C=O) groups is 2. The Hall–Kier alpha value is -3.61. The molecule has 2 atom stereocenters. The summed E-state index contributed by atoms with van der Waals surface area (Å²) in [6.07, 6.45) is 1.27. The summed E-state index contributed by atoms with van der Waals surface area (Å²) in [5.41, 5.74) is 3.03. The quantitative estimate of drug-likeness (QED) is 0.462. The Morgan fingerprint density at radius 2 is 1.79 bits per heavy atom. The van der Waals surface area contributed by atoms with Crippen molar-refractivity contribution in [2.45, 2.75) is 65.5 Å². The van der Waals surface area contributed by atoms with E-state index in [1.54, 1.807) is 19.1 Å². The molecule has 0 saturated heterocycles. The average Bonchev–Trinajstić information content (AvgIpc) is 2.81. The lowest BCUT2D eigenvalue weighted by atomic mass is 9.98. The lowest BCUT2D eigenvalue weighted by Crippen LogP contribution is -2.51. The van der Waals surface area contributed by atoms with Gasteiger partial charge < -0.3 is 24.4 Å². The van der Waals surface area contributed by atoms with Gasteiger partial charge in [-0.25, -0.2) is 4.79 Å². The number of carbonyl (C=O) groups excluding carboxylic acids is 2. The van der Waals surface area contributed by atoms with Crippen LogP contribution < -0.4 is 20.8 Å². The summed E-state index contributed by atoms with van der Waals surface area (Å²) in [4.78, 5) is 36.6. The number of hydrogen-bond acceptors (Lipinski definition) is 6. The molecule has 1 amide bonds. The first-order chi connectivity index (χ1) is 16.2.